The maximum atomic E-state index is 5.95. The zero-order valence-corrected chi connectivity index (χ0v) is 20.6. The zero-order chi connectivity index (χ0) is 20.5. The van der Waals surface area contributed by atoms with E-state index in [1.54, 1.807) is 14.2 Å². The number of methoxy groups -OCH3 is 1. The number of halogens is 1. The molecule has 0 aliphatic heterocycles. The first-order valence-corrected chi connectivity index (χ1v) is 9.81. The summed E-state index contributed by atoms with van der Waals surface area (Å²) in [6.07, 6.45) is 1.85. The van der Waals surface area contributed by atoms with E-state index >= 15 is 0 Å². The summed E-state index contributed by atoms with van der Waals surface area (Å²) >= 11 is 0. The SMILES string of the molecule is CCc1nn(C)c(CC)c1CNC(=NC)NCC(C)Oc1cccc(OC)c1.I. The molecule has 2 aromatic rings. The number of ether oxygens (including phenoxy) is 2. The summed E-state index contributed by atoms with van der Waals surface area (Å²) in [5, 5.41) is 11.3. The molecule has 1 unspecified atom stereocenters. The first-order valence-electron chi connectivity index (χ1n) is 9.81. The van der Waals surface area contributed by atoms with E-state index < -0.39 is 0 Å². The molecule has 0 saturated heterocycles. The number of nitrogens with zero attached hydrogens (tertiary/aromatic N) is 3. The fraction of sp³-hybridized carbons (Fsp3) is 0.524. The van der Waals surface area contributed by atoms with E-state index in [4.69, 9.17) is 9.47 Å². The quantitative estimate of drug-likeness (QED) is 0.305. The number of hydrogen-bond acceptors (Lipinski definition) is 4. The topological polar surface area (TPSA) is 72.7 Å². The summed E-state index contributed by atoms with van der Waals surface area (Å²) in [5.74, 6) is 2.31. The summed E-state index contributed by atoms with van der Waals surface area (Å²) in [4.78, 5) is 4.32. The van der Waals surface area contributed by atoms with Crippen LogP contribution in [0.3, 0.4) is 0 Å². The summed E-state index contributed by atoms with van der Waals surface area (Å²) in [7, 11) is 5.43. The normalized spacial score (nSPS) is 12.1. The Hall–Kier alpha value is -1.97. The third-order valence-corrected chi connectivity index (χ3v) is 4.62. The van der Waals surface area contributed by atoms with E-state index in [0.29, 0.717) is 13.1 Å². The van der Waals surface area contributed by atoms with E-state index in [1.807, 2.05) is 42.9 Å². The van der Waals surface area contributed by atoms with Gasteiger partial charge in [-0.2, -0.15) is 5.10 Å². The number of guanidine groups is 1. The maximum Gasteiger partial charge on any atom is 0.191 e. The molecule has 1 aromatic carbocycles. The highest BCUT2D eigenvalue weighted by molar-refractivity contribution is 14.0. The van der Waals surface area contributed by atoms with Crippen LogP contribution in [0.1, 0.15) is 37.7 Å². The number of nitrogens with one attached hydrogen (secondary N) is 2. The van der Waals surface area contributed by atoms with Crippen molar-refractivity contribution >= 4 is 29.9 Å². The maximum absolute atomic E-state index is 5.95. The summed E-state index contributed by atoms with van der Waals surface area (Å²) in [6.45, 7) is 7.64. The standard InChI is InChI=1S/C21H33N5O2.HI/c1-7-19-18(20(8-2)26(5)25-19)14-24-21(22-4)23-13-15(3)28-17-11-9-10-16(12-17)27-6;/h9-12,15H,7-8,13-14H2,1-6H3,(H2,22,23,24);1H. The molecule has 0 fully saturated rings. The summed E-state index contributed by atoms with van der Waals surface area (Å²) in [5.41, 5.74) is 3.66. The lowest BCUT2D eigenvalue weighted by Gasteiger charge is -2.18. The molecule has 162 valence electrons. The van der Waals surface area contributed by atoms with Crippen LogP contribution in [0.5, 0.6) is 11.5 Å². The van der Waals surface area contributed by atoms with Gasteiger partial charge >= 0.3 is 0 Å². The number of aliphatic imine (C=N–C) groups is 1. The number of aromatic nitrogens is 2. The molecule has 2 N–H and O–H groups in total. The molecular weight excluding hydrogens is 481 g/mol. The molecule has 1 atom stereocenters. The fourth-order valence-electron chi connectivity index (χ4n) is 3.18. The molecule has 0 aliphatic carbocycles. The van der Waals surface area contributed by atoms with Gasteiger partial charge < -0.3 is 20.1 Å². The molecule has 0 saturated carbocycles. The van der Waals surface area contributed by atoms with Gasteiger partial charge in [0.15, 0.2) is 5.96 Å². The van der Waals surface area contributed by atoms with Gasteiger partial charge in [-0.1, -0.05) is 19.9 Å². The smallest absolute Gasteiger partial charge is 0.191 e. The third-order valence-electron chi connectivity index (χ3n) is 4.62. The van der Waals surface area contributed by atoms with Gasteiger partial charge in [0.05, 0.1) is 19.3 Å². The summed E-state index contributed by atoms with van der Waals surface area (Å²) in [6, 6.07) is 7.62. The second kappa shape index (κ2) is 12.6. The predicted octanol–water partition coefficient (Wildman–Crippen LogP) is 3.30. The number of aryl methyl sites for hydroxylation is 2. The van der Waals surface area contributed by atoms with Crippen molar-refractivity contribution in [3.8, 4) is 11.5 Å². The monoisotopic (exact) mass is 515 g/mol. The van der Waals surface area contributed by atoms with Crippen LogP contribution in [0, 0.1) is 0 Å². The minimum absolute atomic E-state index is 0. The Bertz CT molecular complexity index is 791. The lowest BCUT2D eigenvalue weighted by atomic mass is 10.1. The number of hydrogen-bond donors (Lipinski definition) is 2. The van der Waals surface area contributed by atoms with E-state index in [0.717, 1.165) is 36.0 Å². The Morgan fingerprint density at radius 1 is 1.21 bits per heavy atom. The van der Waals surface area contributed by atoms with Crippen LogP contribution in [0.15, 0.2) is 29.3 Å². The highest BCUT2D eigenvalue weighted by Crippen LogP contribution is 2.19. The van der Waals surface area contributed by atoms with Crippen molar-refractivity contribution < 1.29 is 9.47 Å². The largest absolute Gasteiger partial charge is 0.497 e. The van der Waals surface area contributed by atoms with Gasteiger partial charge in [0.25, 0.3) is 0 Å². The number of rotatable bonds is 9. The van der Waals surface area contributed by atoms with Crippen molar-refractivity contribution in [1.82, 2.24) is 20.4 Å². The molecule has 0 bridgehead atoms. The Kier molecular flexibility index (Phi) is 10.9. The van der Waals surface area contributed by atoms with E-state index in [-0.39, 0.29) is 30.1 Å². The fourth-order valence-corrected chi connectivity index (χ4v) is 3.18. The first kappa shape index (κ1) is 25.1. The Balaban J connectivity index is 0.00000420. The van der Waals surface area contributed by atoms with Crippen molar-refractivity contribution in [2.45, 2.75) is 46.3 Å². The molecule has 0 aliphatic rings. The van der Waals surface area contributed by atoms with Crippen LogP contribution in [0.4, 0.5) is 0 Å². The molecule has 2 rings (SSSR count). The minimum atomic E-state index is -0.0264. The molecular formula is C21H34IN5O2. The second-order valence-corrected chi connectivity index (χ2v) is 6.62. The molecule has 0 amide bonds. The van der Waals surface area contributed by atoms with Crippen molar-refractivity contribution in [2.75, 3.05) is 20.7 Å². The van der Waals surface area contributed by atoms with Crippen LogP contribution >= 0.6 is 24.0 Å². The van der Waals surface area contributed by atoms with E-state index in [9.17, 15) is 0 Å². The van der Waals surface area contributed by atoms with Gasteiger partial charge in [0.1, 0.15) is 17.6 Å². The molecule has 1 heterocycles. The van der Waals surface area contributed by atoms with Gasteiger partial charge in [-0.05, 0) is 31.9 Å². The molecule has 29 heavy (non-hydrogen) atoms. The van der Waals surface area contributed by atoms with Gasteiger partial charge in [-0.15, -0.1) is 24.0 Å². The van der Waals surface area contributed by atoms with Crippen molar-refractivity contribution in [2.24, 2.45) is 12.0 Å². The molecule has 8 heteroatoms. The second-order valence-electron chi connectivity index (χ2n) is 6.62. The van der Waals surface area contributed by atoms with E-state index in [1.165, 1.54) is 11.3 Å². The van der Waals surface area contributed by atoms with Crippen LogP contribution in [-0.4, -0.2) is 42.5 Å². The van der Waals surface area contributed by atoms with Crippen LogP contribution in [-0.2, 0) is 26.4 Å². The average molecular weight is 515 g/mol. The molecule has 7 nitrogen and oxygen atoms in total. The Labute approximate surface area is 191 Å². The number of benzene rings is 1. The van der Waals surface area contributed by atoms with Crippen LogP contribution in [0.25, 0.3) is 0 Å². The van der Waals surface area contributed by atoms with Crippen LogP contribution in [0.2, 0.25) is 0 Å². The van der Waals surface area contributed by atoms with Gasteiger partial charge in [-0.25, -0.2) is 0 Å². The average Bonchev–Trinajstić information content (AvgIpc) is 3.02. The molecule has 0 spiro atoms. The third kappa shape index (κ3) is 7.09. The van der Waals surface area contributed by atoms with Gasteiger partial charge in [-0.3, -0.25) is 9.67 Å². The van der Waals surface area contributed by atoms with Crippen molar-refractivity contribution in [1.29, 1.82) is 0 Å². The highest BCUT2D eigenvalue weighted by Gasteiger charge is 2.14. The first-order chi connectivity index (χ1) is 13.5. The lowest BCUT2D eigenvalue weighted by Crippen LogP contribution is -2.41. The van der Waals surface area contributed by atoms with Crippen molar-refractivity contribution in [3.05, 3.63) is 41.2 Å². The Morgan fingerprint density at radius 2 is 1.93 bits per heavy atom. The minimum Gasteiger partial charge on any atom is -0.497 e. The predicted molar refractivity (Wildman–Crippen MR) is 129 cm³/mol. The molecule has 0 radical (unpaired) electrons. The van der Waals surface area contributed by atoms with Gasteiger partial charge in [0, 0.05) is 38.0 Å². The zero-order valence-electron chi connectivity index (χ0n) is 18.3. The van der Waals surface area contributed by atoms with Gasteiger partial charge in [0.2, 0.25) is 0 Å². The Morgan fingerprint density at radius 3 is 2.55 bits per heavy atom. The van der Waals surface area contributed by atoms with Crippen molar-refractivity contribution in [3.63, 3.8) is 0 Å². The lowest BCUT2D eigenvalue weighted by molar-refractivity contribution is 0.223. The van der Waals surface area contributed by atoms with Crippen LogP contribution < -0.4 is 20.1 Å². The highest BCUT2D eigenvalue weighted by atomic mass is 127. The molecule has 1 aromatic heterocycles. The van der Waals surface area contributed by atoms with E-state index in [2.05, 4.69) is 34.6 Å². The summed E-state index contributed by atoms with van der Waals surface area (Å²) < 4.78 is 13.2.